The fraction of sp³-hybridized carbons (Fsp3) is 0.318. The number of Topliss-reactive ketones (excluding diaryl/α,β-unsaturated/α-hetero) is 1. The number of methoxy groups -OCH3 is 1. The molecule has 2 aromatic rings. The van der Waals surface area contributed by atoms with E-state index in [1.165, 1.54) is 26.2 Å². The van der Waals surface area contributed by atoms with Gasteiger partial charge < -0.3 is 25.0 Å². The topological polar surface area (TPSA) is 102 Å². The minimum atomic E-state index is -0.646. The van der Waals surface area contributed by atoms with Gasteiger partial charge in [0.15, 0.2) is 23.9 Å². The molecule has 3 rings (SSSR count). The van der Waals surface area contributed by atoms with E-state index in [1.54, 1.807) is 4.90 Å². The van der Waals surface area contributed by atoms with Crippen LogP contribution in [0.25, 0.3) is 0 Å². The molecule has 0 aliphatic carbocycles. The molecule has 0 atom stereocenters. The van der Waals surface area contributed by atoms with Gasteiger partial charge in [0.05, 0.1) is 12.1 Å². The van der Waals surface area contributed by atoms with Gasteiger partial charge in [0.1, 0.15) is 0 Å². The quantitative estimate of drug-likeness (QED) is 0.656. The van der Waals surface area contributed by atoms with E-state index in [4.69, 9.17) is 26.8 Å². The number of ketones is 1. The number of hydrogen-bond acceptors (Lipinski definition) is 6. The molecule has 0 unspecified atom stereocenters. The molecule has 1 aliphatic heterocycles. The average Bonchev–Trinajstić information content (AvgIpc) is 2.77. The van der Waals surface area contributed by atoms with Crippen LogP contribution in [0.1, 0.15) is 27.6 Å². The number of nitrogens with two attached hydrogens (primary N) is 1. The number of benzene rings is 2. The Balaban J connectivity index is 1.68. The zero-order valence-corrected chi connectivity index (χ0v) is 18.1. The molecule has 8 nitrogen and oxygen atoms in total. The Morgan fingerprint density at radius 3 is 2.23 bits per heavy atom. The van der Waals surface area contributed by atoms with E-state index >= 15 is 0 Å². The van der Waals surface area contributed by atoms with Crippen molar-refractivity contribution in [3.63, 3.8) is 0 Å². The summed E-state index contributed by atoms with van der Waals surface area (Å²) in [5.41, 5.74) is 7.16. The zero-order valence-electron chi connectivity index (χ0n) is 17.4. The Bertz CT molecular complexity index is 985. The van der Waals surface area contributed by atoms with Gasteiger partial charge in [-0.15, -0.1) is 0 Å². The number of nitrogens with zero attached hydrogens (tertiary/aromatic N) is 2. The molecule has 2 aromatic carbocycles. The molecule has 1 aliphatic rings. The summed E-state index contributed by atoms with van der Waals surface area (Å²) in [6, 6.07) is 10.5. The highest BCUT2D eigenvalue weighted by Gasteiger charge is 2.24. The molecule has 0 saturated carbocycles. The number of ether oxygens (including phenoxy) is 2. The molecule has 9 heteroatoms. The van der Waals surface area contributed by atoms with E-state index in [-0.39, 0.29) is 34.8 Å². The second kappa shape index (κ2) is 9.70. The first-order valence-corrected chi connectivity index (χ1v) is 10.1. The van der Waals surface area contributed by atoms with Gasteiger partial charge >= 0.3 is 0 Å². The Morgan fingerprint density at radius 2 is 1.68 bits per heavy atom. The highest BCUT2D eigenvalue weighted by Crippen LogP contribution is 2.36. The van der Waals surface area contributed by atoms with Gasteiger partial charge in [0.25, 0.3) is 11.8 Å². The standard InChI is InChI=1S/C22H24ClN3O5/c1-14(27)15-3-5-17(6-4-15)25-7-9-26(10-8-25)22(29)16-11-18(23)21(19(12-16)30-2)31-13-20(24)28/h3-6,11-12H,7-10,13H2,1-2H3,(H2,24,28). The molecular formula is C22H24ClN3O5. The number of carbonyl (C=O) groups is 3. The van der Waals surface area contributed by atoms with Crippen molar-refractivity contribution < 1.29 is 23.9 Å². The van der Waals surface area contributed by atoms with Crippen molar-refractivity contribution in [1.29, 1.82) is 0 Å². The molecule has 2 N–H and O–H groups in total. The van der Waals surface area contributed by atoms with Crippen LogP contribution in [-0.2, 0) is 4.79 Å². The summed E-state index contributed by atoms with van der Waals surface area (Å²) in [5, 5.41) is 0.160. The van der Waals surface area contributed by atoms with Gasteiger partial charge in [-0.3, -0.25) is 14.4 Å². The molecule has 2 amide bonds. The molecule has 1 heterocycles. The lowest BCUT2D eigenvalue weighted by Crippen LogP contribution is -2.48. The van der Waals surface area contributed by atoms with Crippen molar-refractivity contribution in [3.8, 4) is 11.5 Å². The summed E-state index contributed by atoms with van der Waals surface area (Å²) in [5.74, 6) is -0.373. The minimum absolute atomic E-state index is 0.0297. The van der Waals surface area contributed by atoms with Crippen molar-refractivity contribution in [2.45, 2.75) is 6.92 Å². The number of primary amides is 1. The van der Waals surface area contributed by atoms with Gasteiger partial charge in [0, 0.05) is 43.0 Å². The molecule has 0 spiro atoms. The number of carbonyl (C=O) groups excluding carboxylic acids is 3. The van der Waals surface area contributed by atoms with Crippen LogP contribution in [0.5, 0.6) is 11.5 Å². The van der Waals surface area contributed by atoms with Gasteiger partial charge in [-0.25, -0.2) is 0 Å². The number of amides is 2. The minimum Gasteiger partial charge on any atom is -0.493 e. The van der Waals surface area contributed by atoms with Crippen LogP contribution >= 0.6 is 11.6 Å². The summed E-state index contributed by atoms with van der Waals surface area (Å²) in [6.07, 6.45) is 0. The largest absolute Gasteiger partial charge is 0.493 e. The Morgan fingerprint density at radius 1 is 1.03 bits per heavy atom. The SMILES string of the molecule is COc1cc(C(=O)N2CCN(c3ccc(C(C)=O)cc3)CC2)cc(Cl)c1OCC(N)=O. The predicted octanol–water partition coefficient (Wildman–Crippen LogP) is 2.38. The summed E-state index contributed by atoms with van der Waals surface area (Å²) in [7, 11) is 1.42. The van der Waals surface area contributed by atoms with Crippen molar-refractivity contribution in [2.24, 2.45) is 5.73 Å². The third-order valence-corrected chi connectivity index (χ3v) is 5.32. The summed E-state index contributed by atoms with van der Waals surface area (Å²) >= 11 is 6.26. The van der Waals surface area contributed by atoms with Crippen LogP contribution in [0.3, 0.4) is 0 Å². The smallest absolute Gasteiger partial charge is 0.255 e. The van der Waals surface area contributed by atoms with E-state index in [2.05, 4.69) is 4.90 Å². The maximum Gasteiger partial charge on any atom is 0.255 e. The number of hydrogen-bond donors (Lipinski definition) is 1. The summed E-state index contributed by atoms with van der Waals surface area (Å²) in [6.45, 7) is 3.59. The van der Waals surface area contributed by atoms with Crippen molar-refractivity contribution >= 4 is 34.9 Å². The van der Waals surface area contributed by atoms with Crippen LogP contribution in [0.15, 0.2) is 36.4 Å². The highest BCUT2D eigenvalue weighted by atomic mass is 35.5. The highest BCUT2D eigenvalue weighted by molar-refractivity contribution is 6.32. The molecule has 0 bridgehead atoms. The molecule has 31 heavy (non-hydrogen) atoms. The molecular weight excluding hydrogens is 422 g/mol. The third kappa shape index (κ3) is 5.27. The molecule has 1 fully saturated rings. The van der Waals surface area contributed by atoms with Crippen molar-refractivity contribution in [1.82, 2.24) is 4.90 Å². The molecule has 0 radical (unpaired) electrons. The maximum absolute atomic E-state index is 13.0. The van der Waals surface area contributed by atoms with E-state index in [0.29, 0.717) is 37.3 Å². The van der Waals surface area contributed by atoms with E-state index in [1.807, 2.05) is 24.3 Å². The van der Waals surface area contributed by atoms with Crippen LogP contribution in [0.2, 0.25) is 5.02 Å². The van der Waals surface area contributed by atoms with Crippen LogP contribution in [0.4, 0.5) is 5.69 Å². The third-order valence-electron chi connectivity index (χ3n) is 5.04. The molecule has 164 valence electrons. The average molecular weight is 446 g/mol. The Hall–Kier alpha value is -3.26. The lowest BCUT2D eigenvalue weighted by Gasteiger charge is -2.36. The van der Waals surface area contributed by atoms with E-state index in [9.17, 15) is 14.4 Å². The number of piperazine rings is 1. The van der Waals surface area contributed by atoms with Crippen molar-refractivity contribution in [3.05, 3.63) is 52.5 Å². The lowest BCUT2D eigenvalue weighted by molar-refractivity contribution is -0.119. The summed E-state index contributed by atoms with van der Waals surface area (Å²) < 4.78 is 10.6. The van der Waals surface area contributed by atoms with Gasteiger partial charge in [-0.1, -0.05) is 11.6 Å². The Kier molecular flexibility index (Phi) is 7.02. The first kappa shape index (κ1) is 22.4. The second-order valence-corrected chi connectivity index (χ2v) is 7.53. The fourth-order valence-electron chi connectivity index (χ4n) is 3.38. The lowest BCUT2D eigenvalue weighted by atomic mass is 10.1. The number of rotatable bonds is 7. The van der Waals surface area contributed by atoms with Gasteiger partial charge in [0.2, 0.25) is 0 Å². The van der Waals surface area contributed by atoms with Crippen molar-refractivity contribution in [2.75, 3.05) is 44.8 Å². The summed E-state index contributed by atoms with van der Waals surface area (Å²) in [4.78, 5) is 39.3. The van der Waals surface area contributed by atoms with E-state index < -0.39 is 5.91 Å². The van der Waals surface area contributed by atoms with Crippen LogP contribution in [0, 0.1) is 0 Å². The van der Waals surface area contributed by atoms with Gasteiger partial charge in [-0.05, 0) is 43.3 Å². The van der Waals surface area contributed by atoms with Crippen LogP contribution < -0.4 is 20.1 Å². The monoisotopic (exact) mass is 445 g/mol. The second-order valence-electron chi connectivity index (χ2n) is 7.13. The van der Waals surface area contributed by atoms with E-state index in [0.717, 1.165) is 5.69 Å². The number of anilines is 1. The molecule has 1 saturated heterocycles. The first-order chi connectivity index (χ1) is 14.8. The van der Waals surface area contributed by atoms with Crippen LogP contribution in [-0.4, -0.2) is 62.4 Å². The maximum atomic E-state index is 13.0. The Labute approximate surface area is 185 Å². The predicted molar refractivity (Wildman–Crippen MR) is 117 cm³/mol. The zero-order chi connectivity index (χ0) is 22.5. The fourth-order valence-corrected chi connectivity index (χ4v) is 3.65. The normalized spacial score (nSPS) is 13.6. The first-order valence-electron chi connectivity index (χ1n) is 9.74. The van der Waals surface area contributed by atoms with Gasteiger partial charge in [-0.2, -0.15) is 0 Å². The molecule has 0 aromatic heterocycles. The number of halogens is 1.